The first-order valence-corrected chi connectivity index (χ1v) is 7.07. The Morgan fingerprint density at radius 2 is 2.04 bits per heavy atom. The van der Waals surface area contributed by atoms with Gasteiger partial charge in [0.2, 0.25) is 0 Å². The second kappa shape index (κ2) is 6.33. The standard InChI is InChI=1S/C17H13N3O4/c1-24-16-8-7-11(10-15(16)20(22)23)17(21)19-14-6-2-5-13-12(14)4-3-9-18-13/h2-10H,1H3,(H,19,21). The molecule has 1 aromatic heterocycles. The van der Waals surface area contributed by atoms with Gasteiger partial charge in [-0.15, -0.1) is 0 Å². The molecule has 0 aliphatic heterocycles. The van der Waals surface area contributed by atoms with Crippen molar-refractivity contribution < 1.29 is 14.5 Å². The fourth-order valence-corrected chi connectivity index (χ4v) is 2.38. The minimum atomic E-state index is -0.586. The van der Waals surface area contributed by atoms with Crippen molar-refractivity contribution >= 4 is 28.2 Å². The van der Waals surface area contributed by atoms with Gasteiger partial charge in [-0.05, 0) is 36.4 Å². The van der Waals surface area contributed by atoms with Crippen LogP contribution in [-0.4, -0.2) is 22.9 Å². The third-order valence-corrected chi connectivity index (χ3v) is 3.53. The van der Waals surface area contributed by atoms with E-state index < -0.39 is 10.8 Å². The van der Waals surface area contributed by atoms with Gasteiger partial charge >= 0.3 is 5.69 Å². The minimum absolute atomic E-state index is 0.103. The first kappa shape index (κ1) is 15.4. The van der Waals surface area contributed by atoms with Gasteiger partial charge in [0.05, 0.1) is 23.2 Å². The summed E-state index contributed by atoms with van der Waals surface area (Å²) in [7, 11) is 1.34. The molecule has 0 saturated carbocycles. The zero-order chi connectivity index (χ0) is 17.1. The van der Waals surface area contributed by atoms with E-state index in [-0.39, 0.29) is 17.0 Å². The van der Waals surface area contributed by atoms with Crippen LogP contribution in [0, 0.1) is 10.1 Å². The van der Waals surface area contributed by atoms with Crippen molar-refractivity contribution in [3.63, 3.8) is 0 Å². The van der Waals surface area contributed by atoms with Crippen molar-refractivity contribution in [1.29, 1.82) is 0 Å². The quantitative estimate of drug-likeness (QED) is 0.586. The average Bonchev–Trinajstić information content (AvgIpc) is 2.61. The highest BCUT2D eigenvalue weighted by atomic mass is 16.6. The molecule has 3 aromatic rings. The summed E-state index contributed by atoms with van der Waals surface area (Å²) < 4.78 is 4.94. The summed E-state index contributed by atoms with van der Waals surface area (Å²) in [6.07, 6.45) is 1.67. The van der Waals surface area contributed by atoms with Gasteiger partial charge in [0, 0.05) is 23.2 Å². The minimum Gasteiger partial charge on any atom is -0.490 e. The Bertz CT molecular complexity index is 935. The molecule has 0 spiro atoms. The summed E-state index contributed by atoms with van der Waals surface area (Å²) in [5, 5.41) is 14.6. The molecule has 0 aliphatic rings. The van der Waals surface area contributed by atoms with Gasteiger partial charge in [0.1, 0.15) is 0 Å². The summed E-state index contributed by atoms with van der Waals surface area (Å²) >= 11 is 0. The highest BCUT2D eigenvalue weighted by Crippen LogP contribution is 2.28. The number of hydrogen-bond donors (Lipinski definition) is 1. The van der Waals surface area contributed by atoms with Crippen molar-refractivity contribution in [2.75, 3.05) is 12.4 Å². The highest BCUT2D eigenvalue weighted by Gasteiger charge is 2.18. The summed E-state index contributed by atoms with van der Waals surface area (Å²) in [4.78, 5) is 27.2. The number of nitro groups is 1. The number of anilines is 1. The van der Waals surface area contributed by atoms with Crippen molar-refractivity contribution in [2.24, 2.45) is 0 Å². The average molecular weight is 323 g/mol. The fraction of sp³-hybridized carbons (Fsp3) is 0.0588. The van der Waals surface area contributed by atoms with E-state index in [4.69, 9.17) is 4.74 Å². The molecule has 0 bridgehead atoms. The number of fused-ring (bicyclic) bond motifs is 1. The Hall–Kier alpha value is -3.48. The predicted molar refractivity (Wildman–Crippen MR) is 89.3 cm³/mol. The number of nitrogens with one attached hydrogen (secondary N) is 1. The second-order valence-corrected chi connectivity index (χ2v) is 4.97. The summed E-state index contributed by atoms with van der Waals surface area (Å²) in [6, 6.07) is 13.1. The fourth-order valence-electron chi connectivity index (χ4n) is 2.38. The molecular weight excluding hydrogens is 310 g/mol. The molecule has 24 heavy (non-hydrogen) atoms. The van der Waals surface area contributed by atoms with Crippen LogP contribution in [0.15, 0.2) is 54.7 Å². The van der Waals surface area contributed by atoms with Crippen LogP contribution in [0.2, 0.25) is 0 Å². The lowest BCUT2D eigenvalue weighted by molar-refractivity contribution is -0.385. The van der Waals surface area contributed by atoms with E-state index in [1.165, 1.54) is 25.3 Å². The predicted octanol–water partition coefficient (Wildman–Crippen LogP) is 3.40. The smallest absolute Gasteiger partial charge is 0.311 e. The Labute approximate surface area is 137 Å². The first-order valence-electron chi connectivity index (χ1n) is 7.07. The molecule has 0 radical (unpaired) electrons. The number of nitrogens with zero attached hydrogens (tertiary/aromatic N) is 2. The molecule has 120 valence electrons. The van der Waals surface area contributed by atoms with Gasteiger partial charge in [0.15, 0.2) is 5.75 Å². The van der Waals surface area contributed by atoms with Crippen molar-refractivity contribution in [2.45, 2.75) is 0 Å². The third-order valence-electron chi connectivity index (χ3n) is 3.53. The number of amides is 1. The normalized spacial score (nSPS) is 10.4. The van der Waals surface area contributed by atoms with E-state index >= 15 is 0 Å². The molecule has 0 atom stereocenters. The van der Waals surface area contributed by atoms with E-state index in [0.717, 1.165) is 10.9 Å². The van der Waals surface area contributed by atoms with Crippen molar-refractivity contribution in [3.05, 3.63) is 70.4 Å². The zero-order valence-electron chi connectivity index (χ0n) is 12.7. The zero-order valence-corrected chi connectivity index (χ0v) is 12.7. The molecule has 1 N–H and O–H groups in total. The van der Waals surface area contributed by atoms with Crippen molar-refractivity contribution in [3.8, 4) is 5.75 Å². The van der Waals surface area contributed by atoms with Crippen LogP contribution in [0.5, 0.6) is 5.75 Å². The van der Waals surface area contributed by atoms with Crippen LogP contribution < -0.4 is 10.1 Å². The topological polar surface area (TPSA) is 94.4 Å². The van der Waals surface area contributed by atoms with Crippen LogP contribution in [-0.2, 0) is 0 Å². The van der Waals surface area contributed by atoms with Crippen LogP contribution in [0.4, 0.5) is 11.4 Å². The van der Waals surface area contributed by atoms with Gasteiger partial charge in [-0.1, -0.05) is 6.07 Å². The van der Waals surface area contributed by atoms with Gasteiger partial charge in [-0.3, -0.25) is 19.9 Å². The maximum Gasteiger partial charge on any atom is 0.311 e. The molecule has 7 heteroatoms. The Morgan fingerprint density at radius 1 is 1.21 bits per heavy atom. The number of carbonyl (C=O) groups is 1. The van der Waals surface area contributed by atoms with Crippen LogP contribution in [0.25, 0.3) is 10.9 Å². The molecule has 1 amide bonds. The number of aromatic nitrogens is 1. The van der Waals surface area contributed by atoms with Crippen molar-refractivity contribution in [1.82, 2.24) is 4.98 Å². The molecule has 0 aliphatic carbocycles. The molecule has 0 unspecified atom stereocenters. The number of nitro benzene ring substituents is 1. The molecule has 1 heterocycles. The number of methoxy groups -OCH3 is 1. The lowest BCUT2D eigenvalue weighted by Crippen LogP contribution is -2.12. The lowest BCUT2D eigenvalue weighted by Gasteiger charge is -2.09. The molecule has 3 rings (SSSR count). The summed E-state index contributed by atoms with van der Waals surface area (Å²) in [6.45, 7) is 0. The summed E-state index contributed by atoms with van der Waals surface area (Å²) in [5.41, 5.74) is 1.24. The monoisotopic (exact) mass is 323 g/mol. The maximum absolute atomic E-state index is 12.4. The Morgan fingerprint density at radius 3 is 2.79 bits per heavy atom. The number of rotatable bonds is 4. The molecule has 2 aromatic carbocycles. The Kier molecular flexibility index (Phi) is 4.07. The van der Waals surface area contributed by atoms with E-state index in [1.807, 2.05) is 12.1 Å². The van der Waals surface area contributed by atoms with Crippen LogP contribution >= 0.6 is 0 Å². The number of benzene rings is 2. The number of ether oxygens (including phenoxy) is 1. The van der Waals surface area contributed by atoms with Crippen LogP contribution in [0.1, 0.15) is 10.4 Å². The van der Waals surface area contributed by atoms with Gasteiger partial charge < -0.3 is 10.1 Å². The van der Waals surface area contributed by atoms with E-state index in [2.05, 4.69) is 10.3 Å². The maximum atomic E-state index is 12.4. The molecule has 0 fully saturated rings. The third kappa shape index (κ3) is 2.87. The van der Waals surface area contributed by atoms with E-state index in [9.17, 15) is 14.9 Å². The molecule has 7 nitrogen and oxygen atoms in total. The van der Waals surface area contributed by atoms with E-state index in [1.54, 1.807) is 24.4 Å². The summed E-state index contributed by atoms with van der Waals surface area (Å²) in [5.74, 6) is -0.344. The number of hydrogen-bond acceptors (Lipinski definition) is 5. The molecular formula is C17H13N3O4. The Balaban J connectivity index is 1.95. The largest absolute Gasteiger partial charge is 0.490 e. The van der Waals surface area contributed by atoms with E-state index in [0.29, 0.717) is 5.69 Å². The lowest BCUT2D eigenvalue weighted by atomic mass is 10.1. The number of carbonyl (C=O) groups excluding carboxylic acids is 1. The van der Waals surface area contributed by atoms with Gasteiger partial charge in [-0.25, -0.2) is 0 Å². The highest BCUT2D eigenvalue weighted by molar-refractivity contribution is 6.09. The first-order chi connectivity index (χ1) is 11.6. The van der Waals surface area contributed by atoms with Gasteiger partial charge in [-0.2, -0.15) is 0 Å². The molecule has 0 saturated heterocycles. The van der Waals surface area contributed by atoms with Crippen LogP contribution in [0.3, 0.4) is 0 Å². The second-order valence-electron chi connectivity index (χ2n) is 4.97. The SMILES string of the molecule is COc1ccc(C(=O)Nc2cccc3ncccc23)cc1[N+](=O)[O-]. The number of pyridine rings is 1. The van der Waals surface area contributed by atoms with Gasteiger partial charge in [0.25, 0.3) is 5.91 Å².